The molecule has 0 aliphatic carbocycles. The largest absolute Gasteiger partial charge is 0.508 e. The second-order valence-corrected chi connectivity index (χ2v) is 3.23. The number of phenols is 1. The highest BCUT2D eigenvalue weighted by Gasteiger charge is 2.06. The molecule has 1 unspecified atom stereocenters. The molecule has 0 radical (unpaired) electrons. The fourth-order valence-corrected chi connectivity index (χ4v) is 1.08. The van der Waals surface area contributed by atoms with Crippen LogP contribution in [0.4, 0.5) is 0 Å². The van der Waals surface area contributed by atoms with Gasteiger partial charge < -0.3 is 10.0 Å². The molecule has 0 amide bonds. The van der Waals surface area contributed by atoms with Crippen LogP contribution in [-0.2, 0) is 0 Å². The predicted octanol–water partition coefficient (Wildman–Crippen LogP) is 2.59. The fourth-order valence-electron chi connectivity index (χ4n) is 1.08. The molecule has 0 saturated carbocycles. The minimum atomic E-state index is 0. The van der Waals surface area contributed by atoms with Crippen molar-refractivity contribution in [1.82, 2.24) is 4.90 Å². The van der Waals surface area contributed by atoms with Crippen molar-refractivity contribution >= 4 is 17.0 Å². The van der Waals surface area contributed by atoms with E-state index in [0.29, 0.717) is 11.8 Å². The van der Waals surface area contributed by atoms with Crippen molar-refractivity contribution in [3.8, 4) is 5.75 Å². The molecule has 0 aliphatic rings. The molecule has 13 heavy (non-hydrogen) atoms. The molecule has 0 aromatic heterocycles. The lowest BCUT2D eigenvalue weighted by Crippen LogP contribution is -2.16. The molecular weight excluding hydrogens is 230 g/mol. The van der Waals surface area contributed by atoms with E-state index in [1.165, 1.54) is 0 Å². The van der Waals surface area contributed by atoms with Gasteiger partial charge in [0.1, 0.15) is 5.75 Å². The number of benzene rings is 1. The Morgan fingerprint density at radius 3 is 2.38 bits per heavy atom. The molecule has 74 valence electrons. The zero-order valence-electron chi connectivity index (χ0n) is 8.19. The van der Waals surface area contributed by atoms with Crippen LogP contribution in [0.1, 0.15) is 18.5 Å². The Hall–Kier alpha value is -0.540. The first-order valence-electron chi connectivity index (χ1n) is 4.06. The SMILES string of the molecule is Br.CC(c1cccc(O)c1)N(C)C. The van der Waals surface area contributed by atoms with Gasteiger partial charge in [-0.05, 0) is 38.7 Å². The summed E-state index contributed by atoms with van der Waals surface area (Å²) in [6.07, 6.45) is 0. The summed E-state index contributed by atoms with van der Waals surface area (Å²) in [5.74, 6) is 0.334. The molecular formula is C10H16BrNO. The molecule has 0 fully saturated rings. The van der Waals surface area contributed by atoms with Crippen molar-refractivity contribution in [2.45, 2.75) is 13.0 Å². The quantitative estimate of drug-likeness (QED) is 0.866. The van der Waals surface area contributed by atoms with Crippen molar-refractivity contribution in [3.63, 3.8) is 0 Å². The van der Waals surface area contributed by atoms with Gasteiger partial charge in [0, 0.05) is 6.04 Å². The highest BCUT2D eigenvalue weighted by molar-refractivity contribution is 8.93. The molecule has 1 rings (SSSR count). The summed E-state index contributed by atoms with van der Waals surface area (Å²) in [5, 5.41) is 9.23. The normalized spacial score (nSPS) is 12.3. The third-order valence-corrected chi connectivity index (χ3v) is 2.13. The van der Waals surface area contributed by atoms with Gasteiger partial charge in [-0.25, -0.2) is 0 Å². The summed E-state index contributed by atoms with van der Waals surface area (Å²) < 4.78 is 0. The Balaban J connectivity index is 0.00000144. The smallest absolute Gasteiger partial charge is 0.115 e. The number of hydrogen-bond acceptors (Lipinski definition) is 2. The summed E-state index contributed by atoms with van der Waals surface area (Å²) >= 11 is 0. The zero-order chi connectivity index (χ0) is 9.14. The van der Waals surface area contributed by atoms with Crippen molar-refractivity contribution in [2.24, 2.45) is 0 Å². The van der Waals surface area contributed by atoms with Crippen LogP contribution >= 0.6 is 17.0 Å². The van der Waals surface area contributed by atoms with E-state index < -0.39 is 0 Å². The number of halogens is 1. The van der Waals surface area contributed by atoms with E-state index in [-0.39, 0.29) is 17.0 Å². The third-order valence-electron chi connectivity index (χ3n) is 2.13. The lowest BCUT2D eigenvalue weighted by Gasteiger charge is -2.19. The summed E-state index contributed by atoms with van der Waals surface area (Å²) in [7, 11) is 4.05. The van der Waals surface area contributed by atoms with Crippen LogP contribution in [0.2, 0.25) is 0 Å². The average Bonchev–Trinajstić information content (AvgIpc) is 2.03. The van der Waals surface area contributed by atoms with Crippen LogP contribution in [0.5, 0.6) is 5.75 Å². The lowest BCUT2D eigenvalue weighted by molar-refractivity contribution is 0.320. The van der Waals surface area contributed by atoms with Gasteiger partial charge in [-0.2, -0.15) is 0 Å². The van der Waals surface area contributed by atoms with Crippen molar-refractivity contribution in [1.29, 1.82) is 0 Å². The first-order valence-corrected chi connectivity index (χ1v) is 4.06. The predicted molar refractivity (Wildman–Crippen MR) is 60.5 cm³/mol. The number of phenolic OH excluding ortho intramolecular Hbond substituents is 1. The van der Waals surface area contributed by atoms with E-state index in [1.807, 2.05) is 26.2 Å². The van der Waals surface area contributed by atoms with Gasteiger partial charge >= 0.3 is 0 Å². The number of hydrogen-bond donors (Lipinski definition) is 1. The van der Waals surface area contributed by atoms with Gasteiger partial charge in [-0.1, -0.05) is 12.1 Å². The van der Waals surface area contributed by atoms with Crippen LogP contribution in [0, 0.1) is 0 Å². The molecule has 2 nitrogen and oxygen atoms in total. The molecule has 0 bridgehead atoms. The molecule has 0 aliphatic heterocycles. The highest BCUT2D eigenvalue weighted by Crippen LogP contribution is 2.20. The number of nitrogens with zero attached hydrogens (tertiary/aromatic N) is 1. The second kappa shape index (κ2) is 5.25. The Morgan fingerprint density at radius 2 is 1.92 bits per heavy atom. The van der Waals surface area contributed by atoms with Gasteiger partial charge in [-0.3, -0.25) is 0 Å². The maximum Gasteiger partial charge on any atom is 0.115 e. The van der Waals surface area contributed by atoms with Crippen molar-refractivity contribution < 1.29 is 5.11 Å². The van der Waals surface area contributed by atoms with Crippen LogP contribution in [0.25, 0.3) is 0 Å². The molecule has 1 aromatic rings. The molecule has 1 N–H and O–H groups in total. The minimum Gasteiger partial charge on any atom is -0.508 e. The van der Waals surface area contributed by atoms with E-state index in [4.69, 9.17) is 0 Å². The Morgan fingerprint density at radius 1 is 1.31 bits per heavy atom. The molecule has 0 spiro atoms. The van der Waals surface area contributed by atoms with Crippen LogP contribution in [-0.4, -0.2) is 24.1 Å². The van der Waals surface area contributed by atoms with E-state index in [0.717, 1.165) is 5.56 Å². The van der Waals surface area contributed by atoms with E-state index in [9.17, 15) is 5.11 Å². The minimum absolute atomic E-state index is 0. The average molecular weight is 246 g/mol. The summed E-state index contributed by atoms with van der Waals surface area (Å²) in [4.78, 5) is 2.11. The molecule has 0 heterocycles. The Labute approximate surface area is 90.0 Å². The number of rotatable bonds is 2. The van der Waals surface area contributed by atoms with E-state index >= 15 is 0 Å². The topological polar surface area (TPSA) is 23.5 Å². The maximum atomic E-state index is 9.23. The lowest BCUT2D eigenvalue weighted by atomic mass is 10.1. The monoisotopic (exact) mass is 245 g/mol. The first kappa shape index (κ1) is 12.5. The first-order chi connectivity index (χ1) is 5.61. The molecule has 1 atom stereocenters. The summed E-state index contributed by atoms with van der Waals surface area (Å²) in [6, 6.07) is 7.71. The Bertz CT molecular complexity index is 263. The van der Waals surface area contributed by atoms with Gasteiger partial charge in [0.15, 0.2) is 0 Å². The van der Waals surface area contributed by atoms with Crippen molar-refractivity contribution in [2.75, 3.05) is 14.1 Å². The van der Waals surface area contributed by atoms with Gasteiger partial charge in [0.2, 0.25) is 0 Å². The third kappa shape index (κ3) is 3.36. The standard InChI is InChI=1S/C10H15NO.BrH/c1-8(11(2)3)9-5-4-6-10(12)7-9;/h4-8,12H,1-3H3;1H. The van der Waals surface area contributed by atoms with Gasteiger partial charge in [0.05, 0.1) is 0 Å². The number of aromatic hydroxyl groups is 1. The van der Waals surface area contributed by atoms with Crippen LogP contribution < -0.4 is 0 Å². The summed E-state index contributed by atoms with van der Waals surface area (Å²) in [5.41, 5.74) is 1.14. The van der Waals surface area contributed by atoms with E-state index in [2.05, 4.69) is 11.8 Å². The fraction of sp³-hybridized carbons (Fsp3) is 0.400. The summed E-state index contributed by atoms with van der Waals surface area (Å²) in [6.45, 7) is 2.11. The van der Waals surface area contributed by atoms with Crippen LogP contribution in [0.3, 0.4) is 0 Å². The molecule has 0 saturated heterocycles. The van der Waals surface area contributed by atoms with Gasteiger partial charge in [0.25, 0.3) is 0 Å². The zero-order valence-corrected chi connectivity index (χ0v) is 9.90. The van der Waals surface area contributed by atoms with E-state index in [1.54, 1.807) is 12.1 Å². The van der Waals surface area contributed by atoms with Crippen molar-refractivity contribution in [3.05, 3.63) is 29.8 Å². The molecule has 3 heteroatoms. The molecule has 1 aromatic carbocycles. The van der Waals surface area contributed by atoms with Gasteiger partial charge in [-0.15, -0.1) is 17.0 Å². The van der Waals surface area contributed by atoms with Crippen LogP contribution in [0.15, 0.2) is 24.3 Å². The maximum absolute atomic E-state index is 9.23. The Kier molecular flexibility index (Phi) is 5.03. The second-order valence-electron chi connectivity index (χ2n) is 3.23. The highest BCUT2D eigenvalue weighted by atomic mass is 79.9.